The second kappa shape index (κ2) is 5.85. The molecule has 0 radical (unpaired) electrons. The topological polar surface area (TPSA) is 52.6 Å². The van der Waals surface area contributed by atoms with Crippen LogP contribution < -0.4 is 0 Å². The van der Waals surface area contributed by atoms with Crippen molar-refractivity contribution in [3.63, 3.8) is 0 Å². The Hall–Kier alpha value is -0.900. The number of hydrogen-bond donors (Lipinski definition) is 0. The first kappa shape index (κ1) is 10.1. The molecular formula is C7H12O4. The van der Waals surface area contributed by atoms with Crippen LogP contribution >= 0.6 is 0 Å². The van der Waals surface area contributed by atoms with E-state index in [-0.39, 0.29) is 18.8 Å². The fraction of sp³-hybridized carbons (Fsp3) is 0.714. The molecule has 0 spiro atoms. The Balaban J connectivity index is 3.44. The highest BCUT2D eigenvalue weighted by atomic mass is 16.5. The molecule has 0 aromatic heterocycles. The fourth-order valence-electron chi connectivity index (χ4n) is 0.500. The standard InChI is InChI=1S/C7H12O4/c1-3-11-5-6(8)4-7(9)10-2/h3-5H2,1-2H3. The Kier molecular flexibility index (Phi) is 5.37. The van der Waals surface area contributed by atoms with Crippen molar-refractivity contribution in [2.75, 3.05) is 20.3 Å². The summed E-state index contributed by atoms with van der Waals surface area (Å²) in [4.78, 5) is 21.2. The lowest BCUT2D eigenvalue weighted by Crippen LogP contribution is -2.14. The van der Waals surface area contributed by atoms with E-state index in [9.17, 15) is 9.59 Å². The summed E-state index contributed by atoms with van der Waals surface area (Å²) in [5.74, 6) is -0.770. The highest BCUT2D eigenvalue weighted by molar-refractivity contribution is 5.96. The van der Waals surface area contributed by atoms with Crippen LogP contribution in [0.3, 0.4) is 0 Å². The molecule has 0 rings (SSSR count). The molecule has 11 heavy (non-hydrogen) atoms. The maximum Gasteiger partial charge on any atom is 0.313 e. The molecule has 0 saturated carbocycles. The normalized spacial score (nSPS) is 9.27. The predicted octanol–water partition coefficient (Wildman–Crippen LogP) is 0.155. The first-order valence-corrected chi connectivity index (χ1v) is 3.37. The predicted molar refractivity (Wildman–Crippen MR) is 38.1 cm³/mol. The Bertz CT molecular complexity index is 141. The summed E-state index contributed by atoms with van der Waals surface area (Å²) in [5, 5.41) is 0. The largest absolute Gasteiger partial charge is 0.469 e. The van der Waals surface area contributed by atoms with Crippen LogP contribution in [-0.2, 0) is 19.1 Å². The van der Waals surface area contributed by atoms with Crippen LogP contribution in [0.4, 0.5) is 0 Å². The third kappa shape index (κ3) is 5.54. The second-order valence-corrected chi connectivity index (χ2v) is 1.93. The van der Waals surface area contributed by atoms with Gasteiger partial charge in [0.2, 0.25) is 0 Å². The lowest BCUT2D eigenvalue weighted by atomic mass is 10.3. The first-order chi connectivity index (χ1) is 5.20. The van der Waals surface area contributed by atoms with Crippen molar-refractivity contribution in [2.24, 2.45) is 0 Å². The summed E-state index contributed by atoms with van der Waals surface area (Å²) in [6.07, 6.45) is -0.198. The molecule has 64 valence electrons. The number of Topliss-reactive ketones (excluding diaryl/α,β-unsaturated/α-hetero) is 1. The minimum Gasteiger partial charge on any atom is -0.469 e. The average Bonchev–Trinajstić information content (AvgIpc) is 2.00. The average molecular weight is 160 g/mol. The molecule has 0 unspecified atom stereocenters. The van der Waals surface area contributed by atoms with E-state index in [1.165, 1.54) is 7.11 Å². The molecule has 0 aliphatic rings. The summed E-state index contributed by atoms with van der Waals surface area (Å²) < 4.78 is 9.07. The third-order valence-electron chi connectivity index (χ3n) is 1.04. The van der Waals surface area contributed by atoms with E-state index in [0.29, 0.717) is 6.61 Å². The molecule has 0 saturated heterocycles. The monoisotopic (exact) mass is 160 g/mol. The molecule has 0 amide bonds. The number of rotatable bonds is 5. The molecule has 4 nitrogen and oxygen atoms in total. The Morgan fingerprint density at radius 2 is 2.00 bits per heavy atom. The van der Waals surface area contributed by atoms with Gasteiger partial charge in [0.15, 0.2) is 5.78 Å². The van der Waals surface area contributed by atoms with Crippen LogP contribution in [-0.4, -0.2) is 32.1 Å². The van der Waals surface area contributed by atoms with E-state index in [1.54, 1.807) is 6.92 Å². The van der Waals surface area contributed by atoms with Crippen molar-refractivity contribution in [3.8, 4) is 0 Å². The lowest BCUT2D eigenvalue weighted by Gasteiger charge is -1.98. The van der Waals surface area contributed by atoms with E-state index >= 15 is 0 Å². The van der Waals surface area contributed by atoms with E-state index in [4.69, 9.17) is 4.74 Å². The van der Waals surface area contributed by atoms with Gasteiger partial charge in [-0.1, -0.05) is 0 Å². The van der Waals surface area contributed by atoms with Gasteiger partial charge in [-0.2, -0.15) is 0 Å². The zero-order chi connectivity index (χ0) is 8.69. The summed E-state index contributed by atoms with van der Waals surface area (Å²) in [6.45, 7) is 2.25. The van der Waals surface area contributed by atoms with Gasteiger partial charge in [-0.3, -0.25) is 9.59 Å². The molecule has 0 N–H and O–H groups in total. The van der Waals surface area contributed by atoms with Gasteiger partial charge in [0.25, 0.3) is 0 Å². The fourth-order valence-corrected chi connectivity index (χ4v) is 0.500. The molecule has 0 aliphatic carbocycles. The van der Waals surface area contributed by atoms with Crippen molar-refractivity contribution in [1.82, 2.24) is 0 Å². The van der Waals surface area contributed by atoms with Crippen molar-refractivity contribution in [2.45, 2.75) is 13.3 Å². The summed E-state index contributed by atoms with van der Waals surface area (Å²) in [7, 11) is 1.25. The zero-order valence-electron chi connectivity index (χ0n) is 6.75. The molecule has 0 fully saturated rings. The second-order valence-electron chi connectivity index (χ2n) is 1.93. The lowest BCUT2D eigenvalue weighted by molar-refractivity contribution is -0.144. The summed E-state index contributed by atoms with van der Waals surface area (Å²) in [6, 6.07) is 0. The Morgan fingerprint density at radius 3 is 2.45 bits per heavy atom. The molecule has 4 heteroatoms. The Morgan fingerprint density at radius 1 is 1.36 bits per heavy atom. The summed E-state index contributed by atoms with van der Waals surface area (Å²) >= 11 is 0. The van der Waals surface area contributed by atoms with E-state index < -0.39 is 5.97 Å². The van der Waals surface area contributed by atoms with Gasteiger partial charge < -0.3 is 9.47 Å². The van der Waals surface area contributed by atoms with Crippen LogP contribution in [0, 0.1) is 0 Å². The number of ether oxygens (including phenoxy) is 2. The zero-order valence-corrected chi connectivity index (χ0v) is 6.75. The quantitative estimate of drug-likeness (QED) is 0.424. The highest BCUT2D eigenvalue weighted by Crippen LogP contribution is 1.87. The summed E-state index contributed by atoms with van der Waals surface area (Å²) in [5.41, 5.74) is 0. The van der Waals surface area contributed by atoms with Crippen molar-refractivity contribution >= 4 is 11.8 Å². The van der Waals surface area contributed by atoms with Crippen LogP contribution in [0.15, 0.2) is 0 Å². The highest BCUT2D eigenvalue weighted by Gasteiger charge is 2.08. The SMILES string of the molecule is CCOCC(=O)CC(=O)OC. The number of carbonyl (C=O) groups excluding carboxylic acids is 2. The molecule has 0 aliphatic heterocycles. The molecule has 0 aromatic carbocycles. The molecule has 0 bridgehead atoms. The van der Waals surface area contributed by atoms with Crippen molar-refractivity contribution in [3.05, 3.63) is 0 Å². The molecule has 0 aromatic rings. The first-order valence-electron chi connectivity index (χ1n) is 3.37. The van der Waals surface area contributed by atoms with Crippen LogP contribution in [0.1, 0.15) is 13.3 Å². The van der Waals surface area contributed by atoms with Gasteiger partial charge in [0, 0.05) is 6.61 Å². The maximum atomic E-state index is 10.7. The molecule has 0 heterocycles. The number of carbonyl (C=O) groups is 2. The van der Waals surface area contributed by atoms with E-state index in [1.807, 2.05) is 0 Å². The van der Waals surface area contributed by atoms with Gasteiger partial charge in [-0.05, 0) is 6.92 Å². The van der Waals surface area contributed by atoms with Crippen LogP contribution in [0.2, 0.25) is 0 Å². The van der Waals surface area contributed by atoms with Gasteiger partial charge in [-0.25, -0.2) is 0 Å². The number of hydrogen-bond acceptors (Lipinski definition) is 4. The minimum atomic E-state index is -0.519. The third-order valence-corrected chi connectivity index (χ3v) is 1.04. The number of esters is 1. The van der Waals surface area contributed by atoms with Crippen molar-refractivity contribution in [1.29, 1.82) is 0 Å². The van der Waals surface area contributed by atoms with Gasteiger partial charge in [-0.15, -0.1) is 0 Å². The minimum absolute atomic E-state index is 0.00833. The van der Waals surface area contributed by atoms with Crippen LogP contribution in [0.5, 0.6) is 0 Å². The van der Waals surface area contributed by atoms with Crippen molar-refractivity contribution < 1.29 is 19.1 Å². The van der Waals surface area contributed by atoms with E-state index in [0.717, 1.165) is 0 Å². The van der Waals surface area contributed by atoms with Crippen LogP contribution in [0.25, 0.3) is 0 Å². The maximum absolute atomic E-state index is 10.7. The number of ketones is 1. The van der Waals surface area contributed by atoms with E-state index in [2.05, 4.69) is 4.74 Å². The number of methoxy groups -OCH3 is 1. The molecular weight excluding hydrogens is 148 g/mol. The Labute approximate surface area is 65.5 Å². The smallest absolute Gasteiger partial charge is 0.313 e. The van der Waals surface area contributed by atoms with Gasteiger partial charge >= 0.3 is 5.97 Å². The molecule has 0 atom stereocenters. The van der Waals surface area contributed by atoms with Gasteiger partial charge in [0.1, 0.15) is 13.0 Å². The van der Waals surface area contributed by atoms with Gasteiger partial charge in [0.05, 0.1) is 7.11 Å².